The average molecular weight is 407 g/mol. The fraction of sp³-hybridized carbons (Fsp3) is 0.467. The van der Waals surface area contributed by atoms with E-state index in [0.29, 0.717) is 5.56 Å². The van der Waals surface area contributed by atoms with E-state index in [1.807, 2.05) is 0 Å². The van der Waals surface area contributed by atoms with Crippen LogP contribution in [0.2, 0.25) is 0 Å². The Morgan fingerprint density at radius 2 is 1.23 bits per heavy atom. The van der Waals surface area contributed by atoms with Crippen LogP contribution < -0.4 is 5.30 Å². The van der Waals surface area contributed by atoms with Crippen molar-refractivity contribution in [2.24, 2.45) is 0 Å². The molecule has 1 aromatic carbocycles. The predicted molar refractivity (Wildman–Crippen MR) is 83.1 cm³/mol. The normalized spacial score (nSPS) is 21.1. The molecule has 1 heterocycles. The summed E-state index contributed by atoms with van der Waals surface area (Å²) in [4.78, 5) is 0. The van der Waals surface area contributed by atoms with Crippen LogP contribution in [0.1, 0.15) is 19.4 Å². The van der Waals surface area contributed by atoms with Gasteiger partial charge in [0.25, 0.3) is 0 Å². The molecule has 0 amide bonds. The molecule has 0 bridgehead atoms. The third-order valence-corrected chi connectivity index (χ3v) is 7.56. The van der Waals surface area contributed by atoms with Gasteiger partial charge in [-0.25, -0.2) is 0 Å². The first-order chi connectivity index (χ1) is 11.8. The van der Waals surface area contributed by atoms with Crippen molar-refractivity contribution in [2.45, 2.75) is 33.1 Å². The number of hydrogen-bond donors (Lipinski definition) is 0. The second-order valence-electron chi connectivity index (χ2n) is 5.63. The Morgan fingerprint density at radius 1 is 0.846 bits per heavy atom. The third-order valence-electron chi connectivity index (χ3n) is 3.89. The van der Waals surface area contributed by atoms with E-state index in [2.05, 4.69) is 9.05 Å². The second-order valence-corrected chi connectivity index (χ2v) is 8.71. The number of benzene rings is 1. The topological polar surface area (TPSA) is 21.7 Å². The van der Waals surface area contributed by atoms with Gasteiger partial charge in [0.2, 0.25) is 0 Å². The van der Waals surface area contributed by atoms with Crippen molar-refractivity contribution in [3.63, 3.8) is 0 Å². The maximum absolute atomic E-state index is 16.4. The molecule has 0 atom stereocenters. The van der Waals surface area contributed by atoms with Crippen LogP contribution in [0.25, 0.3) is 0 Å². The van der Waals surface area contributed by atoms with Gasteiger partial charge in [-0.3, -0.25) is 0 Å². The zero-order chi connectivity index (χ0) is 20.0. The van der Waals surface area contributed by atoms with Gasteiger partial charge in [0.15, 0.2) is 0 Å². The van der Waals surface area contributed by atoms with Gasteiger partial charge in [0.1, 0.15) is 0 Å². The number of aryl methyl sites for hydroxylation is 1. The van der Waals surface area contributed by atoms with Crippen LogP contribution in [0.5, 0.6) is 0 Å². The summed E-state index contributed by atoms with van der Waals surface area (Å²) in [6, 6.07) is 4.88. The van der Waals surface area contributed by atoms with Crippen LogP contribution in [0.3, 0.4) is 0 Å². The van der Waals surface area contributed by atoms with Crippen LogP contribution in [0.15, 0.2) is 35.8 Å². The van der Waals surface area contributed by atoms with Crippen molar-refractivity contribution in [1.29, 1.82) is 0 Å². The molecule has 1 aliphatic rings. The first kappa shape index (κ1) is 20.8. The molecule has 1 aromatic rings. The molecule has 3 nitrogen and oxygen atoms in total. The molecule has 0 saturated carbocycles. The molecular formula is C15H17F7NO2P. The molecule has 0 N–H and O–H groups in total. The van der Waals surface area contributed by atoms with Crippen LogP contribution in [-0.2, 0) is 9.05 Å². The van der Waals surface area contributed by atoms with E-state index in [-0.39, 0.29) is 13.1 Å². The Kier molecular flexibility index (Phi) is 5.00. The van der Waals surface area contributed by atoms with Gasteiger partial charge in [-0.2, -0.15) is 0 Å². The molecule has 0 aliphatic carbocycles. The summed E-state index contributed by atoms with van der Waals surface area (Å²) in [7, 11) is -6.19. The van der Waals surface area contributed by atoms with E-state index in [1.54, 1.807) is 6.92 Å². The van der Waals surface area contributed by atoms with E-state index in [9.17, 15) is 26.3 Å². The summed E-state index contributed by atoms with van der Waals surface area (Å²) in [6.07, 6.45) is -11.1. The maximum atomic E-state index is 16.4. The molecule has 1 aliphatic heterocycles. The van der Waals surface area contributed by atoms with Gasteiger partial charge >= 0.3 is 145 Å². The van der Waals surface area contributed by atoms with E-state index in [4.69, 9.17) is 0 Å². The van der Waals surface area contributed by atoms with Crippen LogP contribution in [-0.4, -0.2) is 30.1 Å². The van der Waals surface area contributed by atoms with Crippen molar-refractivity contribution in [3.8, 4) is 0 Å². The number of alkyl halides is 6. The Balaban J connectivity index is 2.76. The van der Waals surface area contributed by atoms with Gasteiger partial charge in [-0.05, 0) is 0 Å². The molecule has 0 radical (unpaired) electrons. The van der Waals surface area contributed by atoms with Crippen molar-refractivity contribution in [2.75, 3.05) is 13.1 Å². The first-order valence-corrected chi connectivity index (χ1v) is 9.53. The van der Waals surface area contributed by atoms with Crippen LogP contribution in [0.4, 0.5) is 30.5 Å². The second kappa shape index (κ2) is 6.27. The fourth-order valence-corrected chi connectivity index (χ4v) is 6.06. The van der Waals surface area contributed by atoms with Crippen molar-refractivity contribution in [3.05, 3.63) is 41.3 Å². The van der Waals surface area contributed by atoms with Gasteiger partial charge in [-0.15, -0.1) is 0 Å². The minimum atomic E-state index is -6.19. The molecule has 0 saturated heterocycles. The SMILES string of the molecule is CCN(CC)P1(F)(c2ccc(C)cc2)OC(C(F)(F)F)=C(C(F)(F)F)O1. The summed E-state index contributed by atoms with van der Waals surface area (Å²) in [5.41, 5.74) is 0.637. The molecule has 0 unspecified atom stereocenters. The predicted octanol–water partition coefficient (Wildman–Crippen LogP) is 5.53. The van der Waals surface area contributed by atoms with E-state index < -0.39 is 36.7 Å². The van der Waals surface area contributed by atoms with Crippen molar-refractivity contribution in [1.82, 2.24) is 4.67 Å². The molecule has 11 heteroatoms. The molecule has 0 fully saturated rings. The average Bonchev–Trinajstić information content (AvgIpc) is 2.86. The van der Waals surface area contributed by atoms with Gasteiger partial charge < -0.3 is 0 Å². The standard InChI is InChI=1S/C15H17F7NO2P/c1-4-23(5-2)26(22,11-8-6-10(3)7-9-11)24-12(14(16,17)18)13(25-26)15(19,20)21/h6-9H,4-5H2,1-3H3. The molecule has 2 rings (SSSR count). The third kappa shape index (κ3) is 3.24. The minimum absolute atomic E-state index is 0.227. The Hall–Kier alpha value is -1.54. The summed E-state index contributed by atoms with van der Waals surface area (Å²) >= 11 is 0. The van der Waals surface area contributed by atoms with E-state index >= 15 is 4.20 Å². The number of halogens is 7. The van der Waals surface area contributed by atoms with E-state index in [0.717, 1.165) is 16.8 Å². The van der Waals surface area contributed by atoms with Gasteiger partial charge in [-0.1, -0.05) is 0 Å². The Morgan fingerprint density at radius 3 is 1.54 bits per heavy atom. The van der Waals surface area contributed by atoms with Gasteiger partial charge in [0.05, 0.1) is 0 Å². The summed E-state index contributed by atoms with van der Waals surface area (Å²) < 4.78 is 105. The summed E-state index contributed by atoms with van der Waals surface area (Å²) in [5, 5.41) is -0.508. The summed E-state index contributed by atoms with van der Waals surface area (Å²) in [6.45, 7) is 3.95. The number of allylic oxidation sites excluding steroid dienone is 2. The Bertz CT molecular complexity index is 682. The number of rotatable bonds is 4. The zero-order valence-corrected chi connectivity index (χ0v) is 15.0. The van der Waals surface area contributed by atoms with Gasteiger partial charge in [0, 0.05) is 0 Å². The molecular weight excluding hydrogens is 390 g/mol. The van der Waals surface area contributed by atoms with Crippen molar-refractivity contribution < 1.29 is 39.6 Å². The molecule has 26 heavy (non-hydrogen) atoms. The first-order valence-electron chi connectivity index (χ1n) is 7.62. The van der Waals surface area contributed by atoms with E-state index in [1.165, 1.54) is 26.0 Å². The summed E-state index contributed by atoms with van der Waals surface area (Å²) in [5.74, 6) is -5.00. The van der Waals surface area contributed by atoms with Crippen molar-refractivity contribution >= 4 is 12.8 Å². The fourth-order valence-electron chi connectivity index (χ4n) is 2.66. The number of nitrogens with zero attached hydrogens (tertiary/aromatic N) is 1. The Labute approximate surface area is 145 Å². The quantitative estimate of drug-likeness (QED) is 0.484. The van der Waals surface area contributed by atoms with Crippen LogP contribution >= 0.6 is 7.52 Å². The molecule has 148 valence electrons. The monoisotopic (exact) mass is 407 g/mol. The zero-order valence-electron chi connectivity index (χ0n) is 14.1. The molecule has 0 aromatic heterocycles. The van der Waals surface area contributed by atoms with Crippen LogP contribution in [0, 0.1) is 6.92 Å². The molecule has 0 spiro atoms. The number of hydrogen-bond acceptors (Lipinski definition) is 3.